The summed E-state index contributed by atoms with van der Waals surface area (Å²) in [7, 11) is 0. The predicted molar refractivity (Wildman–Crippen MR) is 80.3 cm³/mol. The van der Waals surface area contributed by atoms with E-state index >= 15 is 0 Å². The second-order valence-electron chi connectivity index (χ2n) is 5.01. The van der Waals surface area contributed by atoms with Gasteiger partial charge in [-0.15, -0.1) is 24.8 Å². The molecule has 0 amide bonds. The van der Waals surface area contributed by atoms with Crippen LogP contribution in [0, 0.1) is 0 Å². The molecule has 0 aromatic rings. The molecule has 4 atom stereocenters. The van der Waals surface area contributed by atoms with Crippen molar-refractivity contribution in [1.29, 1.82) is 0 Å². The summed E-state index contributed by atoms with van der Waals surface area (Å²) in [6, 6.07) is 2.16. The van der Waals surface area contributed by atoms with Crippen LogP contribution in [0.2, 0.25) is 0 Å². The van der Waals surface area contributed by atoms with E-state index in [1.807, 2.05) is 0 Å². The van der Waals surface area contributed by atoms with E-state index < -0.39 is 0 Å². The van der Waals surface area contributed by atoms with Gasteiger partial charge in [-0.2, -0.15) is 0 Å². The highest BCUT2D eigenvalue weighted by molar-refractivity contribution is 5.85. The van der Waals surface area contributed by atoms with Crippen LogP contribution in [0.5, 0.6) is 0 Å². The summed E-state index contributed by atoms with van der Waals surface area (Å²) in [5.74, 6) is 0. The van der Waals surface area contributed by atoms with Crippen molar-refractivity contribution in [2.24, 2.45) is 0 Å². The lowest BCUT2D eigenvalue weighted by molar-refractivity contribution is 0.0560. The maximum Gasteiger partial charge on any atom is 0.0617 e. The molecule has 0 spiro atoms. The average Bonchev–Trinajstić information content (AvgIpc) is 2.17. The molecule has 0 aliphatic carbocycles. The van der Waals surface area contributed by atoms with Gasteiger partial charge < -0.3 is 20.1 Å². The highest BCUT2D eigenvalue weighted by Crippen LogP contribution is 1.97. The SMILES string of the molecule is C[C@@H]1COC[C@H](C)N1.C[C@@H]1COC[C@H](C)N1.Cl.Cl. The molecule has 2 saturated heterocycles. The number of morpholine rings is 2. The van der Waals surface area contributed by atoms with E-state index in [9.17, 15) is 0 Å². The molecule has 0 unspecified atom stereocenters. The fourth-order valence-corrected chi connectivity index (χ4v) is 2.01. The van der Waals surface area contributed by atoms with Gasteiger partial charge in [0.05, 0.1) is 26.4 Å². The molecule has 6 heteroatoms. The van der Waals surface area contributed by atoms with Crippen LogP contribution in [-0.2, 0) is 9.47 Å². The Morgan fingerprint density at radius 2 is 0.833 bits per heavy atom. The van der Waals surface area contributed by atoms with Crippen molar-refractivity contribution >= 4 is 24.8 Å². The lowest BCUT2D eigenvalue weighted by Crippen LogP contribution is -2.45. The van der Waals surface area contributed by atoms with E-state index in [0.717, 1.165) is 26.4 Å². The molecule has 18 heavy (non-hydrogen) atoms. The molecule has 4 nitrogen and oxygen atoms in total. The smallest absolute Gasteiger partial charge is 0.0617 e. The van der Waals surface area contributed by atoms with Crippen LogP contribution < -0.4 is 10.6 Å². The first-order valence-corrected chi connectivity index (χ1v) is 6.25. The van der Waals surface area contributed by atoms with Crippen LogP contribution in [0.1, 0.15) is 27.7 Å². The van der Waals surface area contributed by atoms with Crippen LogP contribution in [0.3, 0.4) is 0 Å². The summed E-state index contributed by atoms with van der Waals surface area (Å²) >= 11 is 0. The van der Waals surface area contributed by atoms with Gasteiger partial charge in [0.2, 0.25) is 0 Å². The Labute approximate surface area is 123 Å². The van der Waals surface area contributed by atoms with Gasteiger partial charge in [-0.1, -0.05) is 0 Å². The van der Waals surface area contributed by atoms with Crippen molar-refractivity contribution in [3.8, 4) is 0 Å². The van der Waals surface area contributed by atoms with E-state index in [0.29, 0.717) is 24.2 Å². The fraction of sp³-hybridized carbons (Fsp3) is 1.00. The minimum atomic E-state index is 0. The van der Waals surface area contributed by atoms with Gasteiger partial charge in [0.1, 0.15) is 0 Å². The molecule has 0 bridgehead atoms. The first-order valence-electron chi connectivity index (χ1n) is 6.25. The molecule has 0 aromatic carbocycles. The van der Waals surface area contributed by atoms with Gasteiger partial charge >= 0.3 is 0 Å². The van der Waals surface area contributed by atoms with E-state index in [1.54, 1.807) is 0 Å². The maximum absolute atomic E-state index is 5.23. The van der Waals surface area contributed by atoms with Gasteiger partial charge in [-0.05, 0) is 27.7 Å². The second kappa shape index (κ2) is 11.3. The highest BCUT2D eigenvalue weighted by atomic mass is 35.5. The van der Waals surface area contributed by atoms with Crippen LogP contribution >= 0.6 is 24.8 Å². The molecule has 2 rings (SSSR count). The molecule has 2 N–H and O–H groups in total. The summed E-state index contributed by atoms with van der Waals surface area (Å²) in [4.78, 5) is 0. The van der Waals surface area contributed by atoms with Crippen LogP contribution in [0.4, 0.5) is 0 Å². The van der Waals surface area contributed by atoms with Gasteiger partial charge in [0.25, 0.3) is 0 Å². The van der Waals surface area contributed by atoms with E-state index in [4.69, 9.17) is 9.47 Å². The maximum atomic E-state index is 5.23. The quantitative estimate of drug-likeness (QED) is 0.713. The Hall–Kier alpha value is 0.420. The third-order valence-corrected chi connectivity index (χ3v) is 2.61. The van der Waals surface area contributed by atoms with Crippen molar-refractivity contribution in [3.05, 3.63) is 0 Å². The Morgan fingerprint density at radius 3 is 0.944 bits per heavy atom. The Morgan fingerprint density at radius 1 is 0.611 bits per heavy atom. The molecule has 0 aromatic heterocycles. The summed E-state index contributed by atoms with van der Waals surface area (Å²) in [6.45, 7) is 12.0. The number of ether oxygens (including phenoxy) is 2. The number of halogens is 2. The van der Waals surface area contributed by atoms with Crippen molar-refractivity contribution in [1.82, 2.24) is 10.6 Å². The van der Waals surface area contributed by atoms with Crippen molar-refractivity contribution in [2.75, 3.05) is 26.4 Å². The zero-order valence-electron chi connectivity index (χ0n) is 11.8. The normalized spacial score (nSPS) is 35.3. The van der Waals surface area contributed by atoms with Gasteiger partial charge in [-0.3, -0.25) is 0 Å². The number of rotatable bonds is 0. The van der Waals surface area contributed by atoms with Gasteiger partial charge in [0, 0.05) is 24.2 Å². The van der Waals surface area contributed by atoms with Crippen molar-refractivity contribution in [3.63, 3.8) is 0 Å². The van der Waals surface area contributed by atoms with Gasteiger partial charge in [-0.25, -0.2) is 0 Å². The van der Waals surface area contributed by atoms with Crippen LogP contribution in [-0.4, -0.2) is 50.6 Å². The van der Waals surface area contributed by atoms with Crippen LogP contribution in [0.15, 0.2) is 0 Å². The molecule has 112 valence electrons. The molecular weight excluding hydrogens is 275 g/mol. The molecule has 2 aliphatic heterocycles. The third-order valence-electron chi connectivity index (χ3n) is 2.61. The summed E-state index contributed by atoms with van der Waals surface area (Å²) in [5.41, 5.74) is 0. The number of hydrogen-bond acceptors (Lipinski definition) is 4. The molecule has 0 saturated carbocycles. The van der Waals surface area contributed by atoms with E-state index in [2.05, 4.69) is 38.3 Å². The molecule has 2 heterocycles. The highest BCUT2D eigenvalue weighted by Gasteiger charge is 2.13. The van der Waals surface area contributed by atoms with E-state index in [-0.39, 0.29) is 24.8 Å². The first-order chi connectivity index (χ1) is 7.58. The predicted octanol–water partition coefficient (Wildman–Crippen LogP) is 1.61. The minimum absolute atomic E-state index is 0. The Bertz CT molecular complexity index is 163. The Balaban J connectivity index is 0. The molecule has 2 fully saturated rings. The zero-order chi connectivity index (χ0) is 12.0. The molecule has 2 aliphatic rings. The van der Waals surface area contributed by atoms with Crippen molar-refractivity contribution < 1.29 is 9.47 Å². The summed E-state index contributed by atoms with van der Waals surface area (Å²) in [5, 5.41) is 6.71. The standard InChI is InChI=1S/2C6H13NO.2ClH/c2*1-5-3-8-4-6(2)7-5;;/h2*5-7H,3-4H2,1-2H3;2*1H/t2*5-,6+;;. The lowest BCUT2D eigenvalue weighted by atomic mass is 10.2. The molecule has 0 radical (unpaired) electrons. The van der Waals surface area contributed by atoms with Gasteiger partial charge in [0.15, 0.2) is 0 Å². The zero-order valence-corrected chi connectivity index (χ0v) is 13.4. The summed E-state index contributed by atoms with van der Waals surface area (Å²) < 4.78 is 10.5. The third kappa shape index (κ3) is 9.36. The second-order valence-corrected chi connectivity index (χ2v) is 5.01. The minimum Gasteiger partial charge on any atom is -0.378 e. The number of hydrogen-bond donors (Lipinski definition) is 2. The first kappa shape index (κ1) is 20.7. The largest absolute Gasteiger partial charge is 0.378 e. The fourth-order valence-electron chi connectivity index (χ4n) is 2.01. The monoisotopic (exact) mass is 302 g/mol. The number of nitrogens with one attached hydrogen (secondary N) is 2. The molecular formula is C12H28Cl2N2O2. The van der Waals surface area contributed by atoms with Crippen LogP contribution in [0.25, 0.3) is 0 Å². The topological polar surface area (TPSA) is 42.5 Å². The van der Waals surface area contributed by atoms with Crippen molar-refractivity contribution in [2.45, 2.75) is 51.9 Å². The summed E-state index contributed by atoms with van der Waals surface area (Å²) in [6.07, 6.45) is 0. The lowest BCUT2D eigenvalue weighted by Gasteiger charge is -2.25. The average molecular weight is 303 g/mol. The van der Waals surface area contributed by atoms with E-state index in [1.165, 1.54) is 0 Å². The Kier molecular flexibility index (Phi) is 13.0.